The fraction of sp³-hybridized carbons (Fsp3) is 0.579. The number of carbonyl (C=O) groups is 2. The second-order valence-corrected chi connectivity index (χ2v) is 6.71. The summed E-state index contributed by atoms with van der Waals surface area (Å²) in [5, 5.41) is 0. The quantitative estimate of drug-likeness (QED) is 0.686. The van der Waals surface area contributed by atoms with E-state index in [0.29, 0.717) is 38.5 Å². The molecule has 1 aliphatic heterocycles. The van der Waals surface area contributed by atoms with Gasteiger partial charge in [-0.25, -0.2) is 0 Å². The van der Waals surface area contributed by atoms with Gasteiger partial charge in [-0.2, -0.15) is 0 Å². The third kappa shape index (κ3) is 5.25. The Bertz CT molecular complexity index is 570. The molecule has 1 atom stereocenters. The Morgan fingerprint density at radius 2 is 2.21 bits per heavy atom. The number of esters is 1. The Labute approximate surface area is 143 Å². The number of nitrogens with zero attached hydrogens (tertiary/aromatic N) is 1. The van der Waals surface area contributed by atoms with Crippen LogP contribution in [0.15, 0.2) is 24.3 Å². The maximum absolute atomic E-state index is 12.6. The van der Waals surface area contributed by atoms with Gasteiger partial charge in [-0.3, -0.25) is 9.59 Å². The van der Waals surface area contributed by atoms with Crippen molar-refractivity contribution in [2.45, 2.75) is 39.7 Å². The van der Waals surface area contributed by atoms with Gasteiger partial charge in [0, 0.05) is 19.5 Å². The van der Waals surface area contributed by atoms with Crippen molar-refractivity contribution < 1.29 is 19.1 Å². The van der Waals surface area contributed by atoms with Crippen molar-refractivity contribution in [3.63, 3.8) is 0 Å². The largest absolute Gasteiger partial charge is 0.497 e. The van der Waals surface area contributed by atoms with Gasteiger partial charge >= 0.3 is 5.97 Å². The fourth-order valence-corrected chi connectivity index (χ4v) is 2.94. The summed E-state index contributed by atoms with van der Waals surface area (Å²) in [7, 11) is 1.64. The second-order valence-electron chi connectivity index (χ2n) is 6.71. The number of amides is 1. The number of carbonyl (C=O) groups excluding carboxylic acids is 2. The predicted octanol–water partition coefficient (Wildman–Crippen LogP) is 3.02. The van der Waals surface area contributed by atoms with Crippen LogP contribution in [0.2, 0.25) is 0 Å². The van der Waals surface area contributed by atoms with Crippen LogP contribution in [-0.2, 0) is 20.9 Å². The van der Waals surface area contributed by atoms with Crippen molar-refractivity contribution in [3.8, 4) is 5.75 Å². The molecule has 1 unspecified atom stereocenters. The maximum Gasteiger partial charge on any atom is 0.309 e. The van der Waals surface area contributed by atoms with Gasteiger partial charge in [0.25, 0.3) is 0 Å². The van der Waals surface area contributed by atoms with Crippen LogP contribution in [0.4, 0.5) is 0 Å². The molecule has 0 bridgehead atoms. The number of hydrogen-bond donors (Lipinski definition) is 0. The minimum atomic E-state index is -0.161. The highest BCUT2D eigenvalue weighted by atomic mass is 16.5. The molecule has 1 aromatic rings. The molecule has 1 heterocycles. The molecule has 1 aromatic carbocycles. The fourth-order valence-electron chi connectivity index (χ4n) is 2.94. The van der Waals surface area contributed by atoms with E-state index in [1.807, 2.05) is 29.2 Å². The molecule has 5 heteroatoms. The zero-order chi connectivity index (χ0) is 17.5. The summed E-state index contributed by atoms with van der Waals surface area (Å²) in [6.45, 7) is 5.94. The van der Waals surface area contributed by atoms with Crippen molar-refractivity contribution in [1.29, 1.82) is 0 Å². The molecular weight excluding hydrogens is 306 g/mol. The molecule has 0 aromatic heterocycles. The number of rotatable bonds is 8. The average molecular weight is 333 g/mol. The summed E-state index contributed by atoms with van der Waals surface area (Å²) in [5.74, 6) is 0.984. The van der Waals surface area contributed by atoms with Gasteiger partial charge in [-0.05, 0) is 36.5 Å². The summed E-state index contributed by atoms with van der Waals surface area (Å²) in [6, 6.07) is 7.77. The van der Waals surface area contributed by atoms with Crippen molar-refractivity contribution in [2.75, 3.05) is 20.3 Å². The SMILES string of the molecule is COc1cccc(CN(CC(C)C)C(=O)CCC2CCOC2=O)c1. The lowest BCUT2D eigenvalue weighted by Crippen LogP contribution is -2.34. The lowest BCUT2D eigenvalue weighted by Gasteiger charge is -2.25. The van der Waals surface area contributed by atoms with E-state index < -0.39 is 0 Å². The highest BCUT2D eigenvalue weighted by molar-refractivity contribution is 5.78. The molecule has 1 aliphatic rings. The first kappa shape index (κ1) is 18.3. The molecule has 132 valence electrons. The Balaban J connectivity index is 1.97. The second kappa shape index (κ2) is 8.71. The van der Waals surface area contributed by atoms with E-state index in [4.69, 9.17) is 9.47 Å². The summed E-state index contributed by atoms with van der Waals surface area (Å²) < 4.78 is 10.2. The smallest absolute Gasteiger partial charge is 0.309 e. The molecule has 0 aliphatic carbocycles. The number of benzene rings is 1. The molecule has 0 saturated carbocycles. The Hall–Kier alpha value is -2.04. The molecule has 1 fully saturated rings. The normalized spacial score (nSPS) is 17.0. The van der Waals surface area contributed by atoms with Crippen LogP contribution < -0.4 is 4.74 Å². The third-order valence-corrected chi connectivity index (χ3v) is 4.20. The van der Waals surface area contributed by atoms with Crippen molar-refractivity contribution in [3.05, 3.63) is 29.8 Å². The highest BCUT2D eigenvalue weighted by Gasteiger charge is 2.27. The average Bonchev–Trinajstić information content (AvgIpc) is 2.97. The van der Waals surface area contributed by atoms with E-state index in [2.05, 4.69) is 13.8 Å². The Morgan fingerprint density at radius 1 is 1.42 bits per heavy atom. The topological polar surface area (TPSA) is 55.8 Å². The molecular formula is C19H27NO4. The summed E-state index contributed by atoms with van der Waals surface area (Å²) in [6.07, 6.45) is 1.69. The van der Waals surface area contributed by atoms with E-state index in [-0.39, 0.29) is 17.8 Å². The first-order valence-electron chi connectivity index (χ1n) is 8.57. The molecule has 0 N–H and O–H groups in total. The van der Waals surface area contributed by atoms with Gasteiger partial charge in [0.15, 0.2) is 0 Å². The summed E-state index contributed by atoms with van der Waals surface area (Å²) in [5.41, 5.74) is 1.05. The van der Waals surface area contributed by atoms with Gasteiger partial charge in [-0.15, -0.1) is 0 Å². The molecule has 1 saturated heterocycles. The van der Waals surface area contributed by atoms with Gasteiger partial charge in [0.1, 0.15) is 5.75 Å². The predicted molar refractivity (Wildman–Crippen MR) is 91.5 cm³/mol. The first-order chi connectivity index (χ1) is 11.5. The Kier molecular flexibility index (Phi) is 6.64. The van der Waals surface area contributed by atoms with Gasteiger partial charge in [-0.1, -0.05) is 26.0 Å². The first-order valence-corrected chi connectivity index (χ1v) is 8.57. The van der Waals surface area contributed by atoms with Gasteiger partial charge in [0.2, 0.25) is 5.91 Å². The summed E-state index contributed by atoms with van der Waals surface area (Å²) >= 11 is 0. The minimum absolute atomic E-state index is 0.0891. The van der Waals surface area contributed by atoms with E-state index in [1.165, 1.54) is 0 Å². The van der Waals surface area contributed by atoms with E-state index in [9.17, 15) is 9.59 Å². The van der Waals surface area contributed by atoms with Crippen LogP contribution in [0, 0.1) is 11.8 Å². The van der Waals surface area contributed by atoms with Crippen LogP contribution in [0.1, 0.15) is 38.7 Å². The van der Waals surface area contributed by atoms with E-state index in [1.54, 1.807) is 7.11 Å². The van der Waals surface area contributed by atoms with Crippen LogP contribution in [0.5, 0.6) is 5.75 Å². The Morgan fingerprint density at radius 3 is 2.83 bits per heavy atom. The van der Waals surface area contributed by atoms with Crippen molar-refractivity contribution >= 4 is 11.9 Å². The van der Waals surface area contributed by atoms with Gasteiger partial charge in [0.05, 0.1) is 19.6 Å². The van der Waals surface area contributed by atoms with E-state index in [0.717, 1.165) is 17.7 Å². The zero-order valence-electron chi connectivity index (χ0n) is 14.8. The third-order valence-electron chi connectivity index (χ3n) is 4.20. The lowest BCUT2D eigenvalue weighted by molar-refractivity contribution is -0.141. The van der Waals surface area contributed by atoms with Crippen LogP contribution >= 0.6 is 0 Å². The highest BCUT2D eigenvalue weighted by Crippen LogP contribution is 2.21. The van der Waals surface area contributed by atoms with Crippen molar-refractivity contribution in [2.24, 2.45) is 11.8 Å². The monoisotopic (exact) mass is 333 g/mol. The zero-order valence-corrected chi connectivity index (χ0v) is 14.8. The number of cyclic esters (lactones) is 1. The standard InChI is InChI=1S/C19H27NO4/c1-14(2)12-20(13-15-5-4-6-17(11-15)23-3)18(21)8-7-16-9-10-24-19(16)22/h4-6,11,14,16H,7-10,12-13H2,1-3H3. The lowest BCUT2D eigenvalue weighted by atomic mass is 10.0. The molecule has 1 amide bonds. The molecule has 24 heavy (non-hydrogen) atoms. The van der Waals surface area contributed by atoms with Crippen molar-refractivity contribution in [1.82, 2.24) is 4.90 Å². The molecule has 0 radical (unpaired) electrons. The molecule has 5 nitrogen and oxygen atoms in total. The molecule has 0 spiro atoms. The van der Waals surface area contributed by atoms with Gasteiger partial charge < -0.3 is 14.4 Å². The number of ether oxygens (including phenoxy) is 2. The maximum atomic E-state index is 12.6. The summed E-state index contributed by atoms with van der Waals surface area (Å²) in [4.78, 5) is 26.1. The molecule has 2 rings (SSSR count). The van der Waals surface area contributed by atoms with Crippen LogP contribution in [0.25, 0.3) is 0 Å². The minimum Gasteiger partial charge on any atom is -0.497 e. The van der Waals surface area contributed by atoms with Crippen LogP contribution in [-0.4, -0.2) is 37.0 Å². The number of methoxy groups -OCH3 is 1. The van der Waals surface area contributed by atoms with E-state index >= 15 is 0 Å². The number of hydrogen-bond acceptors (Lipinski definition) is 4. The van der Waals surface area contributed by atoms with Crippen LogP contribution in [0.3, 0.4) is 0 Å².